The van der Waals surface area contributed by atoms with Crippen LogP contribution >= 0.6 is 22.7 Å². The molecule has 2 amide bonds. The zero-order valence-corrected chi connectivity index (χ0v) is 14.8. The van der Waals surface area contributed by atoms with Crippen molar-refractivity contribution in [2.75, 3.05) is 18.5 Å². The van der Waals surface area contributed by atoms with Crippen molar-refractivity contribution in [3.05, 3.63) is 39.0 Å². The lowest BCUT2D eigenvalue weighted by Gasteiger charge is -2.24. The molecule has 0 radical (unpaired) electrons. The average Bonchev–Trinajstić information content (AvgIpc) is 3.21. The van der Waals surface area contributed by atoms with E-state index in [1.807, 2.05) is 17.5 Å². The van der Waals surface area contributed by atoms with E-state index in [0.717, 1.165) is 15.4 Å². The Labute approximate surface area is 147 Å². The Bertz CT molecular complexity index is 753. The van der Waals surface area contributed by atoms with Crippen LogP contribution in [0.25, 0.3) is 6.08 Å². The monoisotopic (exact) mass is 363 g/mol. The second kappa shape index (κ2) is 7.59. The van der Waals surface area contributed by atoms with Gasteiger partial charge in [-0.2, -0.15) is 0 Å². The Kier molecular flexibility index (Phi) is 5.27. The highest BCUT2D eigenvalue weighted by atomic mass is 32.1. The zero-order valence-electron chi connectivity index (χ0n) is 13.2. The number of nitrogens with zero attached hydrogens (tertiary/aromatic N) is 2. The van der Waals surface area contributed by atoms with Gasteiger partial charge in [-0.1, -0.05) is 17.4 Å². The van der Waals surface area contributed by atoms with Gasteiger partial charge in [0, 0.05) is 28.8 Å². The minimum absolute atomic E-state index is 0.211. The Morgan fingerprint density at radius 1 is 1.50 bits per heavy atom. The summed E-state index contributed by atoms with van der Waals surface area (Å²) >= 11 is 2.97. The van der Waals surface area contributed by atoms with Crippen LogP contribution in [0.3, 0.4) is 0 Å². The van der Waals surface area contributed by atoms with Gasteiger partial charge in [-0.3, -0.25) is 10.1 Å². The van der Waals surface area contributed by atoms with Crippen LogP contribution in [-0.4, -0.2) is 35.0 Å². The highest BCUT2D eigenvalue weighted by molar-refractivity contribution is 7.15. The number of thiazole rings is 1. The van der Waals surface area contributed by atoms with Gasteiger partial charge in [-0.05, 0) is 24.4 Å². The number of ether oxygens (including phenoxy) is 1. The Morgan fingerprint density at radius 3 is 3.12 bits per heavy atom. The molecule has 0 atom stereocenters. The van der Waals surface area contributed by atoms with Gasteiger partial charge >= 0.3 is 6.09 Å². The number of carbonyl (C=O) groups is 2. The molecule has 2 aromatic rings. The summed E-state index contributed by atoms with van der Waals surface area (Å²) in [5.41, 5.74) is 0.943. The quantitative estimate of drug-likeness (QED) is 0.846. The molecule has 3 rings (SSSR count). The summed E-state index contributed by atoms with van der Waals surface area (Å²) in [6.07, 6.45) is 3.64. The summed E-state index contributed by atoms with van der Waals surface area (Å²) < 4.78 is 5.03. The summed E-state index contributed by atoms with van der Waals surface area (Å²) in [5, 5.41) is 5.30. The molecule has 1 aliphatic heterocycles. The molecule has 0 saturated carbocycles. The minimum Gasteiger partial charge on any atom is -0.450 e. The van der Waals surface area contributed by atoms with E-state index in [9.17, 15) is 9.59 Å². The molecule has 0 spiro atoms. The average molecular weight is 363 g/mol. The molecule has 0 aliphatic carbocycles. The van der Waals surface area contributed by atoms with Crippen LogP contribution in [0.4, 0.5) is 9.93 Å². The molecular formula is C16H17N3O3S2. The molecule has 1 aliphatic rings. The number of amides is 2. The van der Waals surface area contributed by atoms with E-state index in [1.54, 1.807) is 29.2 Å². The fourth-order valence-corrected chi connectivity index (χ4v) is 3.96. The molecule has 0 fully saturated rings. The van der Waals surface area contributed by atoms with Crippen LogP contribution in [0.1, 0.15) is 22.4 Å². The first-order chi connectivity index (χ1) is 11.7. The summed E-state index contributed by atoms with van der Waals surface area (Å²) in [6, 6.07) is 3.88. The van der Waals surface area contributed by atoms with Crippen molar-refractivity contribution < 1.29 is 14.3 Å². The van der Waals surface area contributed by atoms with Crippen molar-refractivity contribution >= 4 is 45.9 Å². The van der Waals surface area contributed by atoms with Crippen LogP contribution < -0.4 is 5.32 Å². The van der Waals surface area contributed by atoms with Crippen LogP contribution in [-0.2, 0) is 22.5 Å². The van der Waals surface area contributed by atoms with Crippen molar-refractivity contribution in [3.8, 4) is 0 Å². The molecule has 6 nitrogen and oxygen atoms in total. The van der Waals surface area contributed by atoms with Crippen molar-refractivity contribution in [3.63, 3.8) is 0 Å². The van der Waals surface area contributed by atoms with Crippen molar-refractivity contribution in [1.29, 1.82) is 0 Å². The smallest absolute Gasteiger partial charge is 0.410 e. The van der Waals surface area contributed by atoms with Gasteiger partial charge < -0.3 is 9.64 Å². The lowest BCUT2D eigenvalue weighted by atomic mass is 10.2. The first-order valence-corrected chi connectivity index (χ1v) is 9.28. The van der Waals surface area contributed by atoms with Gasteiger partial charge in [-0.25, -0.2) is 9.78 Å². The van der Waals surface area contributed by atoms with E-state index in [-0.39, 0.29) is 12.0 Å². The molecule has 8 heteroatoms. The Morgan fingerprint density at radius 2 is 2.38 bits per heavy atom. The van der Waals surface area contributed by atoms with Crippen LogP contribution in [0.15, 0.2) is 23.6 Å². The van der Waals surface area contributed by atoms with Gasteiger partial charge in [0.2, 0.25) is 5.91 Å². The maximum absolute atomic E-state index is 12.0. The first kappa shape index (κ1) is 16.7. The molecular weight excluding hydrogens is 346 g/mol. The number of carbonyl (C=O) groups excluding carboxylic acids is 2. The molecule has 24 heavy (non-hydrogen) atoms. The molecule has 2 aromatic heterocycles. The lowest BCUT2D eigenvalue weighted by Crippen LogP contribution is -2.35. The fourth-order valence-electron chi connectivity index (χ4n) is 2.31. The summed E-state index contributed by atoms with van der Waals surface area (Å²) in [5.74, 6) is -0.211. The third-order valence-corrected chi connectivity index (χ3v) is 5.26. The van der Waals surface area contributed by atoms with E-state index < -0.39 is 0 Å². The molecule has 126 valence electrons. The summed E-state index contributed by atoms with van der Waals surface area (Å²) in [7, 11) is 0. The molecule has 3 heterocycles. The standard InChI is InChI=1S/C16H17N3O3S2/c1-2-22-16(21)19-8-7-12-13(10-19)24-15(17-12)18-14(20)6-5-11-4-3-9-23-11/h3-6,9H,2,7-8,10H2,1H3,(H,17,18,20)/b6-5+. The maximum atomic E-state index is 12.0. The molecule has 0 unspecified atom stereocenters. The number of anilines is 1. The number of hydrogen-bond donors (Lipinski definition) is 1. The lowest BCUT2D eigenvalue weighted by molar-refractivity contribution is -0.111. The summed E-state index contributed by atoms with van der Waals surface area (Å²) in [4.78, 5) is 31.9. The molecule has 1 N–H and O–H groups in total. The SMILES string of the molecule is CCOC(=O)N1CCc2nc(NC(=O)/C=C/c3cccs3)sc2C1. The van der Waals surface area contributed by atoms with Crippen LogP contribution in [0.5, 0.6) is 0 Å². The number of rotatable bonds is 4. The number of fused-ring (bicyclic) bond motifs is 1. The largest absolute Gasteiger partial charge is 0.450 e. The first-order valence-electron chi connectivity index (χ1n) is 7.58. The van der Waals surface area contributed by atoms with Gasteiger partial charge in [0.15, 0.2) is 5.13 Å². The third-order valence-electron chi connectivity index (χ3n) is 3.43. The van der Waals surface area contributed by atoms with Crippen molar-refractivity contribution in [1.82, 2.24) is 9.88 Å². The second-order valence-corrected chi connectivity index (χ2v) is 7.16. The minimum atomic E-state index is -0.305. The van der Waals surface area contributed by atoms with Crippen molar-refractivity contribution in [2.24, 2.45) is 0 Å². The van der Waals surface area contributed by atoms with E-state index >= 15 is 0 Å². The Balaban J connectivity index is 1.61. The predicted octanol–water partition coefficient (Wildman–Crippen LogP) is 3.37. The van der Waals surface area contributed by atoms with E-state index in [1.165, 1.54) is 17.4 Å². The summed E-state index contributed by atoms with van der Waals surface area (Å²) in [6.45, 7) is 3.22. The number of thiophene rings is 1. The van der Waals surface area contributed by atoms with E-state index in [4.69, 9.17) is 4.74 Å². The molecule has 0 aromatic carbocycles. The van der Waals surface area contributed by atoms with Crippen molar-refractivity contribution in [2.45, 2.75) is 19.9 Å². The second-order valence-electron chi connectivity index (χ2n) is 5.10. The van der Waals surface area contributed by atoms with E-state index in [2.05, 4.69) is 10.3 Å². The van der Waals surface area contributed by atoms with E-state index in [0.29, 0.717) is 31.2 Å². The molecule has 0 bridgehead atoms. The zero-order chi connectivity index (χ0) is 16.9. The number of nitrogens with one attached hydrogen (secondary N) is 1. The van der Waals surface area contributed by atoms with Gasteiger partial charge in [0.05, 0.1) is 18.8 Å². The topological polar surface area (TPSA) is 71.5 Å². The van der Waals surface area contributed by atoms with Gasteiger partial charge in [0.1, 0.15) is 0 Å². The van der Waals surface area contributed by atoms with Crippen LogP contribution in [0.2, 0.25) is 0 Å². The normalized spacial score (nSPS) is 13.8. The fraction of sp³-hybridized carbons (Fsp3) is 0.312. The van der Waals surface area contributed by atoms with Gasteiger partial charge in [0.25, 0.3) is 0 Å². The number of hydrogen-bond acceptors (Lipinski definition) is 6. The highest BCUT2D eigenvalue weighted by Crippen LogP contribution is 2.28. The highest BCUT2D eigenvalue weighted by Gasteiger charge is 2.25. The third kappa shape index (κ3) is 4.01. The predicted molar refractivity (Wildman–Crippen MR) is 95.2 cm³/mol. The number of aromatic nitrogens is 1. The van der Waals surface area contributed by atoms with Crippen LogP contribution in [0, 0.1) is 0 Å². The van der Waals surface area contributed by atoms with Gasteiger partial charge in [-0.15, -0.1) is 11.3 Å². The molecule has 0 saturated heterocycles. The Hall–Kier alpha value is -2.19. The maximum Gasteiger partial charge on any atom is 0.410 e.